The third-order valence-electron chi connectivity index (χ3n) is 6.77. The van der Waals surface area contributed by atoms with Crippen LogP contribution in [0.15, 0.2) is 72.8 Å². The molecule has 0 saturated carbocycles. The summed E-state index contributed by atoms with van der Waals surface area (Å²) in [6, 6.07) is 21.1. The van der Waals surface area contributed by atoms with Crippen LogP contribution in [0.3, 0.4) is 0 Å². The highest BCUT2D eigenvalue weighted by atomic mass is 19.1. The van der Waals surface area contributed by atoms with Gasteiger partial charge in [-0.05, 0) is 67.9 Å². The average Bonchev–Trinajstić information content (AvgIpc) is 3.23. The van der Waals surface area contributed by atoms with E-state index in [4.69, 9.17) is 4.74 Å². The van der Waals surface area contributed by atoms with Gasteiger partial charge in [-0.2, -0.15) is 0 Å². The molecular weight excluding hydrogens is 471 g/mol. The monoisotopic (exact) mass is 500 g/mol. The van der Waals surface area contributed by atoms with E-state index in [1.54, 1.807) is 13.1 Å². The predicted octanol–water partition coefficient (Wildman–Crippen LogP) is 5.43. The molecule has 190 valence electrons. The van der Waals surface area contributed by atoms with E-state index in [0.29, 0.717) is 28.2 Å². The molecule has 2 heterocycles. The van der Waals surface area contributed by atoms with Crippen molar-refractivity contribution < 1.29 is 18.7 Å². The number of hydrogen-bond donors (Lipinski definition) is 2. The van der Waals surface area contributed by atoms with Gasteiger partial charge in [-0.25, -0.2) is 9.18 Å². The van der Waals surface area contributed by atoms with Crippen molar-refractivity contribution >= 4 is 40.3 Å². The molecule has 2 amide bonds. The van der Waals surface area contributed by atoms with Gasteiger partial charge in [0.25, 0.3) is 5.91 Å². The number of nitrogens with one attached hydrogen (secondary N) is 2. The van der Waals surface area contributed by atoms with Gasteiger partial charge in [0.05, 0.1) is 17.0 Å². The van der Waals surface area contributed by atoms with Crippen LogP contribution in [0.5, 0.6) is 0 Å². The summed E-state index contributed by atoms with van der Waals surface area (Å²) in [5.74, 6) is -0.719. The quantitative estimate of drug-likeness (QED) is 0.458. The fourth-order valence-electron chi connectivity index (χ4n) is 4.62. The molecule has 0 atom stereocenters. The SMILES string of the molecule is CN1CCC(OC(=O)N(C)c2ccc(N/C(=C3\C(=O)Nc4cc(F)ccc43)c3ccccc3)cc2)CC1. The summed E-state index contributed by atoms with van der Waals surface area (Å²) in [7, 11) is 3.76. The molecule has 8 heteroatoms. The Kier molecular flexibility index (Phi) is 6.92. The van der Waals surface area contributed by atoms with Crippen molar-refractivity contribution in [2.45, 2.75) is 18.9 Å². The molecular formula is C29H29FN4O3. The smallest absolute Gasteiger partial charge is 0.414 e. The van der Waals surface area contributed by atoms with Crippen molar-refractivity contribution in [3.8, 4) is 0 Å². The molecule has 0 aromatic heterocycles. The highest BCUT2D eigenvalue weighted by molar-refractivity contribution is 6.37. The lowest BCUT2D eigenvalue weighted by atomic mass is 10.00. The summed E-state index contributed by atoms with van der Waals surface area (Å²) in [5, 5.41) is 6.13. The van der Waals surface area contributed by atoms with Gasteiger partial charge in [0.15, 0.2) is 0 Å². The van der Waals surface area contributed by atoms with Gasteiger partial charge in [0.1, 0.15) is 11.9 Å². The first kappa shape index (κ1) is 24.5. The molecule has 0 unspecified atom stereocenters. The van der Waals surface area contributed by atoms with Crippen LogP contribution in [-0.4, -0.2) is 50.2 Å². The number of hydrogen-bond acceptors (Lipinski definition) is 5. The van der Waals surface area contributed by atoms with Gasteiger partial charge >= 0.3 is 6.09 Å². The Hall–Kier alpha value is -4.17. The van der Waals surface area contributed by atoms with Crippen molar-refractivity contribution in [1.29, 1.82) is 0 Å². The number of rotatable bonds is 5. The molecule has 7 nitrogen and oxygen atoms in total. The molecule has 2 N–H and O–H groups in total. The van der Waals surface area contributed by atoms with E-state index in [2.05, 4.69) is 22.6 Å². The molecule has 5 rings (SSSR count). The van der Waals surface area contributed by atoms with Crippen molar-refractivity contribution in [2.24, 2.45) is 0 Å². The van der Waals surface area contributed by atoms with Gasteiger partial charge in [-0.3, -0.25) is 9.69 Å². The third-order valence-corrected chi connectivity index (χ3v) is 6.77. The average molecular weight is 501 g/mol. The van der Waals surface area contributed by atoms with Crippen LogP contribution >= 0.6 is 0 Å². The molecule has 0 spiro atoms. The number of carbonyl (C=O) groups is 2. The molecule has 37 heavy (non-hydrogen) atoms. The number of benzene rings is 3. The van der Waals surface area contributed by atoms with Crippen LogP contribution in [0, 0.1) is 5.82 Å². The number of likely N-dealkylation sites (tertiary alicyclic amines) is 1. The Morgan fingerprint density at radius 3 is 2.46 bits per heavy atom. The lowest BCUT2D eigenvalue weighted by Gasteiger charge is -2.30. The van der Waals surface area contributed by atoms with Gasteiger partial charge < -0.3 is 20.3 Å². The first-order valence-electron chi connectivity index (χ1n) is 12.3. The Labute approximate surface area is 215 Å². The van der Waals surface area contributed by atoms with Crippen LogP contribution in [0.4, 0.5) is 26.2 Å². The minimum atomic E-state index is -0.413. The first-order valence-corrected chi connectivity index (χ1v) is 12.3. The molecule has 2 aliphatic rings. The summed E-state index contributed by atoms with van der Waals surface area (Å²) in [4.78, 5) is 29.4. The summed E-state index contributed by atoms with van der Waals surface area (Å²) in [6.07, 6.45) is 1.22. The zero-order valence-electron chi connectivity index (χ0n) is 20.8. The fourth-order valence-corrected chi connectivity index (χ4v) is 4.62. The summed E-state index contributed by atoms with van der Waals surface area (Å²) >= 11 is 0. The minimum absolute atomic E-state index is 0.0685. The Bertz CT molecular complexity index is 1330. The van der Waals surface area contributed by atoms with Crippen molar-refractivity contribution in [2.75, 3.05) is 42.7 Å². The standard InChI is InChI=1S/C29H29FN4O3/c1-33-16-14-23(15-17-33)37-29(36)34(2)22-11-9-21(10-12-22)31-27(19-6-4-3-5-7-19)26-24-13-8-20(30)18-25(24)32-28(26)35/h3-13,18,23,31H,14-17H2,1-2H3,(H,32,35)/b27-26-. The number of nitrogens with zero attached hydrogens (tertiary/aromatic N) is 2. The fraction of sp³-hybridized carbons (Fsp3) is 0.241. The molecule has 2 aliphatic heterocycles. The van der Waals surface area contributed by atoms with Crippen LogP contribution < -0.4 is 15.5 Å². The van der Waals surface area contributed by atoms with E-state index in [1.807, 2.05) is 54.6 Å². The third kappa shape index (κ3) is 5.34. The Morgan fingerprint density at radius 1 is 1.05 bits per heavy atom. The molecule has 1 saturated heterocycles. The Morgan fingerprint density at radius 2 is 1.76 bits per heavy atom. The van der Waals surface area contributed by atoms with E-state index >= 15 is 0 Å². The molecule has 3 aromatic rings. The van der Waals surface area contributed by atoms with E-state index in [9.17, 15) is 14.0 Å². The molecule has 3 aromatic carbocycles. The van der Waals surface area contributed by atoms with E-state index in [1.165, 1.54) is 17.0 Å². The number of amides is 2. The van der Waals surface area contributed by atoms with E-state index < -0.39 is 5.82 Å². The minimum Gasteiger partial charge on any atom is -0.446 e. The lowest BCUT2D eigenvalue weighted by Crippen LogP contribution is -2.38. The number of carbonyl (C=O) groups excluding carboxylic acids is 2. The van der Waals surface area contributed by atoms with Crippen molar-refractivity contribution in [3.05, 3.63) is 89.7 Å². The number of piperidine rings is 1. The van der Waals surface area contributed by atoms with Gasteiger partial charge in [0.2, 0.25) is 0 Å². The van der Waals surface area contributed by atoms with Crippen LogP contribution in [-0.2, 0) is 9.53 Å². The number of halogens is 1. The second-order valence-electron chi connectivity index (χ2n) is 9.38. The summed E-state index contributed by atoms with van der Waals surface area (Å²) < 4.78 is 19.5. The lowest BCUT2D eigenvalue weighted by molar-refractivity contribution is -0.110. The molecule has 0 aliphatic carbocycles. The van der Waals surface area contributed by atoms with E-state index in [0.717, 1.165) is 37.2 Å². The second kappa shape index (κ2) is 10.4. The topological polar surface area (TPSA) is 73.9 Å². The maximum atomic E-state index is 13.8. The Balaban J connectivity index is 1.38. The number of fused-ring (bicyclic) bond motifs is 1. The van der Waals surface area contributed by atoms with Crippen LogP contribution in [0.1, 0.15) is 24.0 Å². The molecule has 0 radical (unpaired) electrons. The predicted molar refractivity (Wildman–Crippen MR) is 144 cm³/mol. The molecule has 1 fully saturated rings. The summed E-state index contributed by atoms with van der Waals surface area (Å²) in [6.45, 7) is 1.83. The zero-order chi connectivity index (χ0) is 25.9. The molecule has 0 bridgehead atoms. The largest absolute Gasteiger partial charge is 0.446 e. The van der Waals surface area contributed by atoms with Gasteiger partial charge in [-0.1, -0.05) is 30.3 Å². The van der Waals surface area contributed by atoms with Crippen molar-refractivity contribution in [3.63, 3.8) is 0 Å². The van der Waals surface area contributed by atoms with E-state index in [-0.39, 0.29) is 18.1 Å². The number of ether oxygens (including phenoxy) is 1. The van der Waals surface area contributed by atoms with Crippen LogP contribution in [0.25, 0.3) is 11.3 Å². The maximum Gasteiger partial charge on any atom is 0.414 e. The highest BCUT2D eigenvalue weighted by Crippen LogP contribution is 2.38. The second-order valence-corrected chi connectivity index (χ2v) is 9.38. The zero-order valence-corrected chi connectivity index (χ0v) is 20.8. The number of anilines is 3. The van der Waals surface area contributed by atoms with Crippen LogP contribution in [0.2, 0.25) is 0 Å². The summed E-state index contributed by atoms with van der Waals surface area (Å²) in [5.41, 5.74) is 4.34. The normalized spacial score (nSPS) is 17.1. The van der Waals surface area contributed by atoms with Gasteiger partial charge in [-0.15, -0.1) is 0 Å². The maximum absolute atomic E-state index is 13.8. The van der Waals surface area contributed by atoms with Gasteiger partial charge in [0, 0.05) is 37.1 Å². The van der Waals surface area contributed by atoms with Crippen molar-refractivity contribution in [1.82, 2.24) is 4.90 Å². The highest BCUT2D eigenvalue weighted by Gasteiger charge is 2.29. The first-order chi connectivity index (χ1) is 17.9.